The SMILES string of the molecule is C[C@@H](C(=O)NC1CCCC1)N(Cc1ccc(Br)cc1)C(=O)CN(c1cc(Cl)cc(Cl)c1)S(C)(=O)=O. The quantitative estimate of drug-likeness (QED) is 0.436. The average Bonchev–Trinajstić information content (AvgIpc) is 3.28. The van der Waals surface area contributed by atoms with Crippen LogP contribution in [0, 0.1) is 0 Å². The first kappa shape index (κ1) is 27.8. The van der Waals surface area contributed by atoms with Gasteiger partial charge in [-0.3, -0.25) is 13.9 Å². The van der Waals surface area contributed by atoms with Crippen molar-refractivity contribution in [3.05, 3.63) is 62.5 Å². The summed E-state index contributed by atoms with van der Waals surface area (Å²) in [6.07, 6.45) is 4.95. The Hall–Kier alpha value is -1.81. The maximum atomic E-state index is 13.6. The summed E-state index contributed by atoms with van der Waals surface area (Å²) in [5.41, 5.74) is 0.976. The fourth-order valence-corrected chi connectivity index (χ4v) is 5.67. The Morgan fingerprint density at radius 2 is 1.66 bits per heavy atom. The Kier molecular flexibility index (Phi) is 9.48. The van der Waals surface area contributed by atoms with Crippen molar-refractivity contribution in [3.8, 4) is 0 Å². The Morgan fingerprint density at radius 3 is 2.20 bits per heavy atom. The molecule has 1 N–H and O–H groups in total. The van der Waals surface area contributed by atoms with Gasteiger partial charge in [0.05, 0.1) is 11.9 Å². The van der Waals surface area contributed by atoms with Crippen molar-refractivity contribution in [2.75, 3.05) is 17.1 Å². The second kappa shape index (κ2) is 12.0. The number of hydrogen-bond acceptors (Lipinski definition) is 4. The van der Waals surface area contributed by atoms with Crippen LogP contribution in [0.2, 0.25) is 10.0 Å². The van der Waals surface area contributed by atoms with Crippen LogP contribution >= 0.6 is 39.1 Å². The highest BCUT2D eigenvalue weighted by Gasteiger charge is 2.31. The molecule has 7 nitrogen and oxygen atoms in total. The van der Waals surface area contributed by atoms with Crippen molar-refractivity contribution < 1.29 is 18.0 Å². The van der Waals surface area contributed by atoms with E-state index in [1.54, 1.807) is 6.92 Å². The first-order valence-corrected chi connectivity index (χ1v) is 14.6. The Labute approximate surface area is 224 Å². The van der Waals surface area contributed by atoms with Crippen LogP contribution in [0.15, 0.2) is 46.9 Å². The topological polar surface area (TPSA) is 86.8 Å². The summed E-state index contributed by atoms with van der Waals surface area (Å²) in [6.45, 7) is 1.29. The number of anilines is 1. The number of amides is 2. The van der Waals surface area contributed by atoms with Crippen LogP contribution in [-0.2, 0) is 26.2 Å². The lowest BCUT2D eigenvalue weighted by Gasteiger charge is -2.32. The molecule has 0 bridgehead atoms. The lowest BCUT2D eigenvalue weighted by Crippen LogP contribution is -2.52. The standard InChI is InChI=1S/C24H28BrCl2N3O4S/c1-16(24(32)28-21-5-3-4-6-21)29(14-17-7-9-18(25)10-8-17)23(31)15-30(35(2,33)34)22-12-19(26)11-20(27)13-22/h7-13,16,21H,3-6,14-15H2,1-2H3,(H,28,32)/t16-/m0/s1. The van der Waals surface area contributed by atoms with Crippen LogP contribution < -0.4 is 9.62 Å². The van der Waals surface area contributed by atoms with E-state index < -0.39 is 28.5 Å². The molecule has 0 unspecified atom stereocenters. The van der Waals surface area contributed by atoms with Gasteiger partial charge in [-0.25, -0.2) is 8.42 Å². The van der Waals surface area contributed by atoms with Gasteiger partial charge in [-0.15, -0.1) is 0 Å². The molecule has 3 rings (SSSR count). The van der Waals surface area contributed by atoms with Crippen molar-refractivity contribution in [1.29, 1.82) is 0 Å². The van der Waals surface area contributed by atoms with Gasteiger partial charge >= 0.3 is 0 Å². The lowest BCUT2D eigenvalue weighted by atomic mass is 10.1. The van der Waals surface area contributed by atoms with E-state index >= 15 is 0 Å². The zero-order chi connectivity index (χ0) is 25.8. The normalized spacial score (nSPS) is 15.0. The fourth-order valence-electron chi connectivity index (χ4n) is 4.06. The van der Waals surface area contributed by atoms with Gasteiger partial charge < -0.3 is 10.2 Å². The fraction of sp³-hybridized carbons (Fsp3) is 0.417. The molecule has 0 radical (unpaired) electrons. The largest absolute Gasteiger partial charge is 0.352 e. The molecule has 1 saturated carbocycles. The molecule has 190 valence electrons. The van der Waals surface area contributed by atoms with Gasteiger partial charge in [-0.1, -0.05) is 64.1 Å². The lowest BCUT2D eigenvalue weighted by molar-refractivity contribution is -0.139. The van der Waals surface area contributed by atoms with E-state index in [1.807, 2.05) is 24.3 Å². The third-order valence-electron chi connectivity index (χ3n) is 5.95. The van der Waals surface area contributed by atoms with Crippen molar-refractivity contribution in [3.63, 3.8) is 0 Å². The number of hydrogen-bond donors (Lipinski definition) is 1. The number of sulfonamides is 1. The van der Waals surface area contributed by atoms with Crippen molar-refractivity contribution in [1.82, 2.24) is 10.2 Å². The van der Waals surface area contributed by atoms with Crippen LogP contribution in [0.5, 0.6) is 0 Å². The van der Waals surface area contributed by atoms with E-state index in [4.69, 9.17) is 23.2 Å². The molecule has 2 aromatic rings. The van der Waals surface area contributed by atoms with Gasteiger partial charge in [-0.2, -0.15) is 0 Å². The molecule has 0 aromatic heterocycles. The summed E-state index contributed by atoms with van der Waals surface area (Å²) >= 11 is 15.6. The number of rotatable bonds is 9. The monoisotopic (exact) mass is 603 g/mol. The van der Waals surface area contributed by atoms with Crippen LogP contribution in [0.4, 0.5) is 5.69 Å². The van der Waals surface area contributed by atoms with E-state index in [2.05, 4.69) is 21.2 Å². The highest BCUT2D eigenvalue weighted by molar-refractivity contribution is 9.10. The molecule has 1 fully saturated rings. The van der Waals surface area contributed by atoms with Crippen molar-refractivity contribution in [2.45, 2.75) is 51.2 Å². The molecule has 11 heteroatoms. The highest BCUT2D eigenvalue weighted by Crippen LogP contribution is 2.27. The van der Waals surface area contributed by atoms with E-state index in [9.17, 15) is 18.0 Å². The van der Waals surface area contributed by atoms with Crippen LogP contribution in [0.1, 0.15) is 38.2 Å². The van der Waals surface area contributed by atoms with Gasteiger partial charge in [0.25, 0.3) is 0 Å². The zero-order valence-electron chi connectivity index (χ0n) is 19.5. The Balaban J connectivity index is 1.89. The highest BCUT2D eigenvalue weighted by atomic mass is 79.9. The molecular formula is C24H28BrCl2N3O4S. The summed E-state index contributed by atoms with van der Waals surface area (Å²) in [7, 11) is -3.86. The van der Waals surface area contributed by atoms with E-state index in [1.165, 1.54) is 23.1 Å². The number of halogens is 3. The minimum absolute atomic E-state index is 0.0932. The maximum absolute atomic E-state index is 13.6. The number of carbonyl (C=O) groups is 2. The summed E-state index contributed by atoms with van der Waals surface area (Å²) in [6, 6.07) is 11.0. The number of nitrogens with one attached hydrogen (secondary N) is 1. The number of benzene rings is 2. The molecule has 0 aliphatic heterocycles. The van der Waals surface area contributed by atoms with Crippen molar-refractivity contribution in [2.24, 2.45) is 0 Å². The van der Waals surface area contributed by atoms with E-state index in [0.29, 0.717) is 0 Å². The second-order valence-corrected chi connectivity index (χ2v) is 12.4. The van der Waals surface area contributed by atoms with Gasteiger partial charge in [0, 0.05) is 27.1 Å². The second-order valence-electron chi connectivity index (χ2n) is 8.71. The Morgan fingerprint density at radius 1 is 1.09 bits per heavy atom. The number of nitrogens with zero attached hydrogens (tertiary/aromatic N) is 2. The number of carbonyl (C=O) groups excluding carboxylic acids is 2. The molecule has 35 heavy (non-hydrogen) atoms. The van der Waals surface area contributed by atoms with Crippen molar-refractivity contribution >= 4 is 66.7 Å². The van der Waals surface area contributed by atoms with Gasteiger partial charge in [0.15, 0.2) is 0 Å². The summed E-state index contributed by atoms with van der Waals surface area (Å²) in [5.74, 6) is -0.789. The van der Waals surface area contributed by atoms with Crippen LogP contribution in [0.3, 0.4) is 0 Å². The maximum Gasteiger partial charge on any atom is 0.244 e. The minimum Gasteiger partial charge on any atom is -0.352 e. The molecule has 0 spiro atoms. The third kappa shape index (κ3) is 7.84. The summed E-state index contributed by atoms with van der Waals surface area (Å²) in [5, 5.41) is 3.51. The smallest absolute Gasteiger partial charge is 0.244 e. The first-order valence-electron chi connectivity index (χ1n) is 11.2. The third-order valence-corrected chi connectivity index (χ3v) is 8.06. The van der Waals surface area contributed by atoms with Gasteiger partial charge in [0.2, 0.25) is 21.8 Å². The molecule has 1 aliphatic rings. The molecule has 0 heterocycles. The summed E-state index contributed by atoms with van der Waals surface area (Å²) < 4.78 is 27.1. The molecule has 0 saturated heterocycles. The van der Waals surface area contributed by atoms with Crippen LogP contribution in [-0.4, -0.2) is 50.0 Å². The average molecular weight is 605 g/mol. The Bertz CT molecular complexity index is 1150. The molecule has 1 atom stereocenters. The molecule has 1 aliphatic carbocycles. The zero-order valence-corrected chi connectivity index (χ0v) is 23.4. The van der Waals surface area contributed by atoms with E-state index in [0.717, 1.165) is 46.3 Å². The first-order chi connectivity index (χ1) is 16.4. The van der Waals surface area contributed by atoms with E-state index in [-0.39, 0.29) is 34.2 Å². The van der Waals surface area contributed by atoms with Gasteiger partial charge in [-0.05, 0) is 55.7 Å². The molecule has 2 aromatic carbocycles. The predicted octanol–water partition coefficient (Wildman–Crippen LogP) is 5.00. The van der Waals surface area contributed by atoms with Crippen LogP contribution in [0.25, 0.3) is 0 Å². The molecular weight excluding hydrogens is 577 g/mol. The minimum atomic E-state index is -3.86. The van der Waals surface area contributed by atoms with Gasteiger partial charge in [0.1, 0.15) is 12.6 Å². The summed E-state index contributed by atoms with van der Waals surface area (Å²) in [4.78, 5) is 28.0. The molecule has 2 amide bonds. The predicted molar refractivity (Wildman–Crippen MR) is 143 cm³/mol.